The van der Waals surface area contributed by atoms with Gasteiger partial charge in [-0.15, -0.1) is 0 Å². The Morgan fingerprint density at radius 1 is 0.938 bits per heavy atom. The van der Waals surface area contributed by atoms with Crippen LogP contribution in [0.15, 0.2) is 54.6 Å². The van der Waals surface area contributed by atoms with Crippen molar-refractivity contribution >= 4 is 29.2 Å². The number of carbonyl (C=O) groups excluding carboxylic acids is 3. The van der Waals surface area contributed by atoms with Gasteiger partial charge in [0, 0.05) is 17.8 Å². The van der Waals surface area contributed by atoms with Crippen LogP contribution in [0.2, 0.25) is 0 Å². The van der Waals surface area contributed by atoms with E-state index < -0.39 is 0 Å². The molecule has 2 aromatic carbocycles. The maximum Gasteiger partial charge on any atom is 0.309 e. The maximum absolute atomic E-state index is 12.5. The highest BCUT2D eigenvalue weighted by atomic mass is 16.5. The van der Waals surface area contributed by atoms with Crippen molar-refractivity contribution in [2.24, 2.45) is 5.92 Å². The third-order valence-electron chi connectivity index (χ3n) is 5.49. The van der Waals surface area contributed by atoms with Crippen molar-refractivity contribution < 1.29 is 19.1 Å². The normalized spacial score (nSPS) is 14.5. The maximum atomic E-state index is 12.5. The van der Waals surface area contributed by atoms with Crippen LogP contribution in [0.5, 0.6) is 0 Å². The van der Waals surface area contributed by atoms with Crippen LogP contribution < -0.4 is 10.6 Å². The van der Waals surface area contributed by atoms with E-state index >= 15 is 0 Å². The molecule has 2 amide bonds. The third kappa shape index (κ3) is 7.50. The molecule has 2 aromatic rings. The summed E-state index contributed by atoms with van der Waals surface area (Å²) >= 11 is 0. The molecule has 7 nitrogen and oxygen atoms in total. The van der Waals surface area contributed by atoms with Crippen molar-refractivity contribution in [3.8, 4) is 0 Å². The zero-order valence-electron chi connectivity index (χ0n) is 18.5. The van der Waals surface area contributed by atoms with Gasteiger partial charge in [0.1, 0.15) is 0 Å². The average Bonchev–Trinajstić information content (AvgIpc) is 2.79. The summed E-state index contributed by atoms with van der Waals surface area (Å²) in [6.45, 7) is 3.85. The molecule has 32 heavy (non-hydrogen) atoms. The number of aryl methyl sites for hydroxylation is 1. The molecule has 0 atom stereocenters. The summed E-state index contributed by atoms with van der Waals surface area (Å²) in [5.74, 6) is -0.399. The lowest BCUT2D eigenvalue weighted by atomic mass is 9.97. The van der Waals surface area contributed by atoms with Crippen molar-refractivity contribution in [1.29, 1.82) is 0 Å². The van der Waals surface area contributed by atoms with Gasteiger partial charge < -0.3 is 15.4 Å². The lowest BCUT2D eigenvalue weighted by Crippen LogP contribution is -2.41. The minimum absolute atomic E-state index is 0.0678. The van der Waals surface area contributed by atoms with Crippen molar-refractivity contribution in [3.05, 3.63) is 60.2 Å². The second-order valence-electron chi connectivity index (χ2n) is 7.97. The van der Waals surface area contributed by atoms with E-state index in [2.05, 4.69) is 10.6 Å². The molecule has 0 aliphatic carbocycles. The Morgan fingerprint density at radius 3 is 2.25 bits per heavy atom. The molecular formula is C25H31N3O4. The molecule has 1 aliphatic rings. The highest BCUT2D eigenvalue weighted by Gasteiger charge is 2.26. The third-order valence-corrected chi connectivity index (χ3v) is 5.49. The van der Waals surface area contributed by atoms with E-state index in [-0.39, 0.29) is 30.2 Å². The summed E-state index contributed by atoms with van der Waals surface area (Å²) in [7, 11) is 0. The first kappa shape index (κ1) is 23.5. The van der Waals surface area contributed by atoms with E-state index in [9.17, 15) is 14.4 Å². The highest BCUT2D eigenvalue weighted by Crippen LogP contribution is 2.19. The fourth-order valence-electron chi connectivity index (χ4n) is 3.79. The molecule has 1 aliphatic heterocycles. The Labute approximate surface area is 189 Å². The molecule has 170 valence electrons. The molecule has 1 fully saturated rings. The SMILES string of the molecule is CCOC(=O)C1CCN(CC(=O)Nc2cccc(NC(=O)CCc3ccccc3)c2)CC1. The van der Waals surface area contributed by atoms with Gasteiger partial charge in [-0.2, -0.15) is 0 Å². The number of hydrogen-bond donors (Lipinski definition) is 2. The number of anilines is 2. The summed E-state index contributed by atoms with van der Waals surface area (Å²) in [6.07, 6.45) is 2.48. The number of benzene rings is 2. The highest BCUT2D eigenvalue weighted by molar-refractivity contribution is 5.94. The number of ether oxygens (including phenoxy) is 1. The summed E-state index contributed by atoms with van der Waals surface area (Å²) in [5, 5.41) is 5.78. The van der Waals surface area contributed by atoms with Gasteiger partial charge in [-0.05, 0) is 63.0 Å². The van der Waals surface area contributed by atoms with E-state index in [1.54, 1.807) is 24.3 Å². The molecule has 0 radical (unpaired) electrons. The Balaban J connectivity index is 1.42. The van der Waals surface area contributed by atoms with Gasteiger partial charge in [0.05, 0.1) is 19.1 Å². The molecule has 1 heterocycles. The van der Waals surface area contributed by atoms with Crippen LogP contribution in [0, 0.1) is 5.92 Å². The minimum Gasteiger partial charge on any atom is -0.466 e. The molecule has 0 saturated carbocycles. The Hall–Kier alpha value is -3.19. The number of esters is 1. The molecule has 0 aromatic heterocycles. The smallest absolute Gasteiger partial charge is 0.309 e. The van der Waals surface area contributed by atoms with Gasteiger partial charge in [-0.1, -0.05) is 36.4 Å². The predicted octanol–water partition coefficient (Wildman–Crippen LogP) is 3.47. The first-order valence-electron chi connectivity index (χ1n) is 11.2. The van der Waals surface area contributed by atoms with Gasteiger partial charge in [0.15, 0.2) is 0 Å². The van der Waals surface area contributed by atoms with E-state index in [4.69, 9.17) is 4.74 Å². The summed E-state index contributed by atoms with van der Waals surface area (Å²) < 4.78 is 5.09. The van der Waals surface area contributed by atoms with Crippen molar-refractivity contribution in [2.45, 2.75) is 32.6 Å². The number of carbonyl (C=O) groups is 3. The standard InChI is InChI=1S/C25H31N3O4/c1-2-32-25(31)20-13-15-28(16-14-20)18-24(30)27-22-10-6-9-21(17-22)26-23(29)12-11-19-7-4-3-5-8-19/h3-10,17,20H,2,11-16,18H2,1H3,(H,26,29)(H,27,30). The molecular weight excluding hydrogens is 406 g/mol. The number of hydrogen-bond acceptors (Lipinski definition) is 5. The molecule has 1 saturated heterocycles. The number of likely N-dealkylation sites (tertiary alicyclic amines) is 1. The van der Waals surface area contributed by atoms with Gasteiger partial charge in [-0.3, -0.25) is 19.3 Å². The van der Waals surface area contributed by atoms with E-state index in [1.165, 1.54) is 0 Å². The number of piperidine rings is 1. The number of amides is 2. The summed E-state index contributed by atoms with van der Waals surface area (Å²) in [6, 6.07) is 17.0. The molecule has 3 rings (SSSR count). The van der Waals surface area contributed by atoms with Crippen LogP contribution >= 0.6 is 0 Å². The van der Waals surface area contributed by atoms with Gasteiger partial charge >= 0.3 is 5.97 Å². The molecule has 0 spiro atoms. The Morgan fingerprint density at radius 2 is 1.59 bits per heavy atom. The summed E-state index contributed by atoms with van der Waals surface area (Å²) in [4.78, 5) is 38.6. The fraction of sp³-hybridized carbons (Fsp3) is 0.400. The van der Waals surface area contributed by atoms with Gasteiger partial charge in [0.2, 0.25) is 11.8 Å². The van der Waals surface area contributed by atoms with E-state index in [1.807, 2.05) is 42.2 Å². The largest absolute Gasteiger partial charge is 0.466 e. The Bertz CT molecular complexity index is 908. The lowest BCUT2D eigenvalue weighted by molar-refractivity contribution is -0.149. The number of nitrogens with one attached hydrogen (secondary N) is 2. The molecule has 7 heteroatoms. The van der Waals surface area contributed by atoms with Crippen LogP contribution in [-0.2, 0) is 25.5 Å². The first-order chi connectivity index (χ1) is 15.5. The van der Waals surface area contributed by atoms with E-state index in [0.29, 0.717) is 56.8 Å². The number of rotatable bonds is 9. The van der Waals surface area contributed by atoms with Crippen LogP contribution in [0.3, 0.4) is 0 Å². The van der Waals surface area contributed by atoms with Crippen LogP contribution in [0.1, 0.15) is 31.7 Å². The molecule has 0 bridgehead atoms. The zero-order valence-corrected chi connectivity index (χ0v) is 18.5. The van der Waals surface area contributed by atoms with Crippen molar-refractivity contribution in [3.63, 3.8) is 0 Å². The topological polar surface area (TPSA) is 87.7 Å². The van der Waals surface area contributed by atoms with E-state index in [0.717, 1.165) is 5.56 Å². The van der Waals surface area contributed by atoms with Crippen molar-refractivity contribution in [2.75, 3.05) is 36.9 Å². The predicted molar refractivity (Wildman–Crippen MR) is 124 cm³/mol. The minimum atomic E-state index is -0.140. The first-order valence-corrected chi connectivity index (χ1v) is 11.2. The fourth-order valence-corrected chi connectivity index (χ4v) is 3.79. The second-order valence-corrected chi connectivity index (χ2v) is 7.97. The molecule has 2 N–H and O–H groups in total. The van der Waals surface area contributed by atoms with Crippen LogP contribution in [0.4, 0.5) is 11.4 Å². The van der Waals surface area contributed by atoms with Crippen molar-refractivity contribution in [1.82, 2.24) is 4.90 Å². The van der Waals surface area contributed by atoms with Gasteiger partial charge in [-0.25, -0.2) is 0 Å². The average molecular weight is 438 g/mol. The summed E-state index contributed by atoms with van der Waals surface area (Å²) in [5.41, 5.74) is 2.41. The van der Waals surface area contributed by atoms with Crippen LogP contribution in [-0.4, -0.2) is 48.9 Å². The quantitative estimate of drug-likeness (QED) is 0.587. The number of nitrogens with zero attached hydrogens (tertiary/aromatic N) is 1. The van der Waals surface area contributed by atoms with Crippen LogP contribution in [0.25, 0.3) is 0 Å². The Kier molecular flexibility index (Phi) is 8.80. The lowest BCUT2D eigenvalue weighted by Gasteiger charge is -2.30. The van der Waals surface area contributed by atoms with Gasteiger partial charge in [0.25, 0.3) is 0 Å². The zero-order chi connectivity index (χ0) is 22.8. The molecule has 0 unspecified atom stereocenters. The second kappa shape index (κ2) is 12.0. The monoisotopic (exact) mass is 437 g/mol.